The lowest BCUT2D eigenvalue weighted by Crippen LogP contribution is -2.45. The van der Waals surface area contributed by atoms with Gasteiger partial charge in [-0.1, -0.05) is 6.07 Å². The SMILES string of the molecule is Cl.O=C(Nc1cccc(-n2cccn2)c1)C1CNCCO1. The second-order valence-electron chi connectivity index (χ2n) is 4.55. The van der Waals surface area contributed by atoms with Gasteiger partial charge < -0.3 is 15.4 Å². The van der Waals surface area contributed by atoms with Gasteiger partial charge in [0.05, 0.1) is 12.3 Å². The normalized spacial score (nSPS) is 17.8. The summed E-state index contributed by atoms with van der Waals surface area (Å²) in [6, 6.07) is 9.39. The fourth-order valence-corrected chi connectivity index (χ4v) is 2.10. The molecular formula is C14H17ClN4O2. The van der Waals surface area contributed by atoms with E-state index in [0.29, 0.717) is 13.2 Å². The number of carbonyl (C=O) groups is 1. The Morgan fingerprint density at radius 3 is 3.05 bits per heavy atom. The maximum Gasteiger partial charge on any atom is 0.254 e. The Morgan fingerprint density at radius 1 is 1.43 bits per heavy atom. The number of morpholine rings is 1. The molecule has 1 saturated heterocycles. The van der Waals surface area contributed by atoms with E-state index < -0.39 is 6.10 Å². The topological polar surface area (TPSA) is 68.2 Å². The first-order valence-corrected chi connectivity index (χ1v) is 6.56. The number of amides is 1. The third-order valence-electron chi connectivity index (χ3n) is 3.10. The predicted octanol–water partition coefficient (Wildman–Crippen LogP) is 1.22. The van der Waals surface area contributed by atoms with Crippen LogP contribution < -0.4 is 10.6 Å². The quantitative estimate of drug-likeness (QED) is 0.894. The van der Waals surface area contributed by atoms with Gasteiger partial charge in [-0.15, -0.1) is 12.4 Å². The minimum Gasteiger partial charge on any atom is -0.366 e. The number of anilines is 1. The van der Waals surface area contributed by atoms with Crippen molar-refractivity contribution in [1.29, 1.82) is 0 Å². The largest absolute Gasteiger partial charge is 0.366 e. The molecule has 2 N–H and O–H groups in total. The molecule has 0 saturated carbocycles. The van der Waals surface area contributed by atoms with Gasteiger partial charge in [-0.2, -0.15) is 5.10 Å². The number of halogens is 1. The van der Waals surface area contributed by atoms with Crippen molar-refractivity contribution in [1.82, 2.24) is 15.1 Å². The van der Waals surface area contributed by atoms with Crippen LogP contribution in [0.1, 0.15) is 0 Å². The molecular weight excluding hydrogens is 292 g/mol. The molecule has 6 nitrogen and oxygen atoms in total. The highest BCUT2D eigenvalue weighted by molar-refractivity contribution is 5.94. The maximum absolute atomic E-state index is 12.1. The second-order valence-corrected chi connectivity index (χ2v) is 4.55. The average molecular weight is 309 g/mol. The second kappa shape index (κ2) is 7.21. The van der Waals surface area contributed by atoms with E-state index in [-0.39, 0.29) is 18.3 Å². The summed E-state index contributed by atoms with van der Waals surface area (Å²) in [6.45, 7) is 1.90. The Bertz CT molecular complexity index is 582. The molecule has 1 aromatic heterocycles. The van der Waals surface area contributed by atoms with Crippen molar-refractivity contribution < 1.29 is 9.53 Å². The van der Waals surface area contributed by atoms with Gasteiger partial charge in [0.2, 0.25) is 0 Å². The Hall–Kier alpha value is -1.89. The molecule has 2 heterocycles. The number of nitrogens with zero attached hydrogens (tertiary/aromatic N) is 2. The number of rotatable bonds is 3. The summed E-state index contributed by atoms with van der Waals surface area (Å²) in [6.07, 6.45) is 3.14. The molecule has 0 spiro atoms. The van der Waals surface area contributed by atoms with Crippen LogP contribution in [0, 0.1) is 0 Å². The van der Waals surface area contributed by atoms with Crippen LogP contribution in [0.25, 0.3) is 5.69 Å². The molecule has 0 aliphatic carbocycles. The van der Waals surface area contributed by atoms with Crippen molar-refractivity contribution in [3.8, 4) is 5.69 Å². The Balaban J connectivity index is 0.00000161. The lowest BCUT2D eigenvalue weighted by Gasteiger charge is -2.22. The van der Waals surface area contributed by atoms with E-state index in [4.69, 9.17) is 4.74 Å². The van der Waals surface area contributed by atoms with Gasteiger partial charge >= 0.3 is 0 Å². The van der Waals surface area contributed by atoms with Crippen LogP contribution in [-0.2, 0) is 9.53 Å². The molecule has 1 fully saturated rings. The highest BCUT2D eigenvalue weighted by Gasteiger charge is 2.21. The Kier molecular flexibility index (Phi) is 5.32. The molecule has 1 aliphatic heterocycles. The molecule has 21 heavy (non-hydrogen) atoms. The highest BCUT2D eigenvalue weighted by atomic mass is 35.5. The predicted molar refractivity (Wildman–Crippen MR) is 82.1 cm³/mol. The van der Waals surface area contributed by atoms with Gasteiger partial charge in [0.1, 0.15) is 6.10 Å². The molecule has 1 aromatic carbocycles. The van der Waals surface area contributed by atoms with E-state index in [9.17, 15) is 4.79 Å². The number of nitrogens with one attached hydrogen (secondary N) is 2. The summed E-state index contributed by atoms with van der Waals surface area (Å²) in [5.74, 6) is -0.130. The molecule has 2 aromatic rings. The Labute approximate surface area is 128 Å². The molecule has 0 radical (unpaired) electrons. The summed E-state index contributed by atoms with van der Waals surface area (Å²) in [7, 11) is 0. The van der Waals surface area contributed by atoms with E-state index in [2.05, 4.69) is 15.7 Å². The van der Waals surface area contributed by atoms with Crippen molar-refractivity contribution in [2.24, 2.45) is 0 Å². The van der Waals surface area contributed by atoms with Gasteiger partial charge in [-0.05, 0) is 24.3 Å². The average Bonchev–Trinajstić information content (AvgIpc) is 3.03. The molecule has 7 heteroatoms. The monoisotopic (exact) mass is 308 g/mol. The van der Waals surface area contributed by atoms with Crippen LogP contribution in [0.5, 0.6) is 0 Å². The Morgan fingerprint density at radius 2 is 2.33 bits per heavy atom. The first-order valence-electron chi connectivity index (χ1n) is 6.56. The van der Waals surface area contributed by atoms with Crippen molar-refractivity contribution in [3.05, 3.63) is 42.7 Å². The van der Waals surface area contributed by atoms with Crippen LogP contribution in [0.2, 0.25) is 0 Å². The van der Waals surface area contributed by atoms with Crippen molar-refractivity contribution in [2.45, 2.75) is 6.10 Å². The van der Waals surface area contributed by atoms with Gasteiger partial charge in [0, 0.05) is 31.2 Å². The minimum atomic E-state index is -0.433. The third kappa shape index (κ3) is 3.81. The first kappa shape index (κ1) is 15.5. The molecule has 112 valence electrons. The van der Waals surface area contributed by atoms with Crippen LogP contribution >= 0.6 is 12.4 Å². The van der Waals surface area contributed by atoms with E-state index >= 15 is 0 Å². The van der Waals surface area contributed by atoms with Crippen molar-refractivity contribution in [3.63, 3.8) is 0 Å². The fourth-order valence-electron chi connectivity index (χ4n) is 2.10. The van der Waals surface area contributed by atoms with E-state index in [1.165, 1.54) is 0 Å². The molecule has 3 rings (SSSR count). The third-order valence-corrected chi connectivity index (χ3v) is 3.10. The molecule has 0 bridgehead atoms. The van der Waals surface area contributed by atoms with Gasteiger partial charge in [-0.3, -0.25) is 4.79 Å². The minimum absolute atomic E-state index is 0. The number of hydrogen-bond acceptors (Lipinski definition) is 4. The summed E-state index contributed by atoms with van der Waals surface area (Å²) in [4.78, 5) is 12.1. The van der Waals surface area contributed by atoms with Gasteiger partial charge in [-0.25, -0.2) is 4.68 Å². The molecule has 1 unspecified atom stereocenters. The fraction of sp³-hybridized carbons (Fsp3) is 0.286. The number of carbonyl (C=O) groups excluding carboxylic acids is 1. The number of hydrogen-bond donors (Lipinski definition) is 2. The lowest BCUT2D eigenvalue weighted by atomic mass is 10.2. The van der Waals surface area contributed by atoms with Crippen LogP contribution in [0.15, 0.2) is 42.7 Å². The van der Waals surface area contributed by atoms with Crippen molar-refractivity contribution in [2.75, 3.05) is 25.0 Å². The molecule has 1 atom stereocenters. The molecule has 1 aliphatic rings. The van der Waals surface area contributed by atoms with Gasteiger partial charge in [0.25, 0.3) is 5.91 Å². The summed E-state index contributed by atoms with van der Waals surface area (Å²) >= 11 is 0. The lowest BCUT2D eigenvalue weighted by molar-refractivity contribution is -0.128. The van der Waals surface area contributed by atoms with E-state index in [1.807, 2.05) is 36.5 Å². The summed E-state index contributed by atoms with van der Waals surface area (Å²) in [5, 5.41) is 10.2. The summed E-state index contributed by atoms with van der Waals surface area (Å²) in [5.41, 5.74) is 1.63. The number of benzene rings is 1. The standard InChI is InChI=1S/C14H16N4O2.ClH/c19-14(13-10-15-6-8-20-13)17-11-3-1-4-12(9-11)18-7-2-5-16-18;/h1-5,7,9,13,15H,6,8,10H2,(H,17,19);1H. The molecule has 1 amide bonds. The highest BCUT2D eigenvalue weighted by Crippen LogP contribution is 2.14. The number of ether oxygens (including phenoxy) is 1. The smallest absolute Gasteiger partial charge is 0.254 e. The zero-order chi connectivity index (χ0) is 13.8. The van der Waals surface area contributed by atoms with Gasteiger partial charge in [0.15, 0.2) is 0 Å². The van der Waals surface area contributed by atoms with E-state index in [0.717, 1.165) is 17.9 Å². The van der Waals surface area contributed by atoms with Crippen LogP contribution in [0.4, 0.5) is 5.69 Å². The zero-order valence-corrected chi connectivity index (χ0v) is 12.2. The van der Waals surface area contributed by atoms with Crippen molar-refractivity contribution >= 4 is 24.0 Å². The van der Waals surface area contributed by atoms with E-state index in [1.54, 1.807) is 10.9 Å². The first-order chi connectivity index (χ1) is 9.83. The zero-order valence-electron chi connectivity index (χ0n) is 11.4. The summed E-state index contributed by atoms with van der Waals surface area (Å²) < 4.78 is 7.17. The van der Waals surface area contributed by atoms with Crippen LogP contribution in [0.3, 0.4) is 0 Å². The maximum atomic E-state index is 12.1. The number of aromatic nitrogens is 2. The van der Waals surface area contributed by atoms with Crippen LogP contribution in [-0.4, -0.2) is 41.5 Å².